The van der Waals surface area contributed by atoms with Crippen molar-refractivity contribution < 1.29 is 9.53 Å². The van der Waals surface area contributed by atoms with Crippen LogP contribution < -0.4 is 10.6 Å². The molecule has 1 atom stereocenters. The van der Waals surface area contributed by atoms with E-state index in [0.29, 0.717) is 19.1 Å². The topological polar surface area (TPSA) is 68.2 Å². The molecular weight excluding hydrogens is 268 g/mol. The average Bonchev–Trinajstić information content (AvgIpc) is 2.83. The predicted molar refractivity (Wildman–Crippen MR) is 82.4 cm³/mol. The van der Waals surface area contributed by atoms with E-state index < -0.39 is 0 Å². The van der Waals surface area contributed by atoms with E-state index in [0.717, 1.165) is 37.3 Å². The fourth-order valence-electron chi connectivity index (χ4n) is 2.66. The van der Waals surface area contributed by atoms with Crippen molar-refractivity contribution in [2.45, 2.75) is 52.2 Å². The summed E-state index contributed by atoms with van der Waals surface area (Å²) in [6.07, 6.45) is 4.14. The van der Waals surface area contributed by atoms with Crippen molar-refractivity contribution in [3.63, 3.8) is 0 Å². The van der Waals surface area contributed by atoms with E-state index in [9.17, 15) is 4.79 Å². The number of morpholine rings is 1. The third kappa shape index (κ3) is 4.04. The summed E-state index contributed by atoms with van der Waals surface area (Å²) in [6, 6.07) is 0.321. The molecule has 1 aromatic heterocycles. The fraction of sp³-hybridized carbons (Fsp3) is 0.733. The van der Waals surface area contributed by atoms with Gasteiger partial charge in [0.1, 0.15) is 5.82 Å². The van der Waals surface area contributed by atoms with Crippen LogP contribution in [0.1, 0.15) is 44.7 Å². The highest BCUT2D eigenvalue weighted by atomic mass is 16.5. The van der Waals surface area contributed by atoms with Gasteiger partial charge in [0.15, 0.2) is 0 Å². The fourth-order valence-corrected chi connectivity index (χ4v) is 2.66. The molecule has 2 rings (SSSR count). The zero-order valence-corrected chi connectivity index (χ0v) is 13.2. The minimum atomic E-state index is -0.0384. The lowest BCUT2D eigenvalue weighted by Crippen LogP contribution is -2.40. The third-order valence-electron chi connectivity index (χ3n) is 3.94. The maximum Gasteiger partial charge on any atom is 0.228 e. The normalized spacial score (nSPS) is 19.0. The molecule has 1 amide bonds. The average molecular weight is 294 g/mol. The number of nitrogens with one attached hydrogen (secondary N) is 2. The number of hydrogen-bond acceptors (Lipinski definition) is 4. The predicted octanol–water partition coefficient (Wildman–Crippen LogP) is 1.87. The Kier molecular flexibility index (Phi) is 5.76. The van der Waals surface area contributed by atoms with E-state index >= 15 is 0 Å². The van der Waals surface area contributed by atoms with Gasteiger partial charge in [0, 0.05) is 18.7 Å². The molecule has 6 heteroatoms. The molecular formula is C15H26N4O2. The van der Waals surface area contributed by atoms with Gasteiger partial charge in [-0.15, -0.1) is 0 Å². The highest BCUT2D eigenvalue weighted by molar-refractivity contribution is 5.90. The van der Waals surface area contributed by atoms with E-state index in [1.54, 1.807) is 0 Å². The van der Waals surface area contributed by atoms with Crippen LogP contribution in [0.25, 0.3) is 0 Å². The Morgan fingerprint density at radius 2 is 2.33 bits per heavy atom. The smallest absolute Gasteiger partial charge is 0.228 e. The molecule has 1 fully saturated rings. The second-order valence-electron chi connectivity index (χ2n) is 5.54. The van der Waals surface area contributed by atoms with Gasteiger partial charge in [0.25, 0.3) is 0 Å². The summed E-state index contributed by atoms with van der Waals surface area (Å²) < 4.78 is 7.51. The van der Waals surface area contributed by atoms with Gasteiger partial charge in [0.05, 0.1) is 31.4 Å². The molecule has 1 aliphatic rings. The molecule has 1 saturated heterocycles. The van der Waals surface area contributed by atoms with Crippen LogP contribution in [0.3, 0.4) is 0 Å². The van der Waals surface area contributed by atoms with Crippen LogP contribution in [0.5, 0.6) is 0 Å². The molecule has 0 aliphatic carbocycles. The van der Waals surface area contributed by atoms with Crippen LogP contribution in [0.15, 0.2) is 6.20 Å². The molecule has 0 bridgehead atoms. The number of amides is 1. The quantitative estimate of drug-likeness (QED) is 0.840. The second-order valence-corrected chi connectivity index (χ2v) is 5.54. The molecule has 1 aliphatic heterocycles. The van der Waals surface area contributed by atoms with Crippen LogP contribution in [-0.2, 0) is 9.53 Å². The molecule has 0 radical (unpaired) electrons. The molecule has 0 aromatic carbocycles. The Labute approximate surface area is 126 Å². The first-order valence-electron chi connectivity index (χ1n) is 7.82. The standard InChI is InChI=1S/C15H26N4O2/c1-4-12(5-2)19-15(11(3)9-17-19)18-14(20)8-13-10-16-6-7-21-13/h9,12-13,16H,4-8,10H2,1-3H3,(H,18,20)/t13-/m0/s1. The summed E-state index contributed by atoms with van der Waals surface area (Å²) in [5.41, 5.74) is 0.998. The molecule has 2 heterocycles. The van der Waals surface area contributed by atoms with Crippen molar-refractivity contribution in [1.82, 2.24) is 15.1 Å². The minimum absolute atomic E-state index is 0.0143. The van der Waals surface area contributed by atoms with Crippen LogP contribution >= 0.6 is 0 Å². The largest absolute Gasteiger partial charge is 0.375 e. The van der Waals surface area contributed by atoms with E-state index in [-0.39, 0.29) is 12.0 Å². The van der Waals surface area contributed by atoms with E-state index in [2.05, 4.69) is 29.6 Å². The van der Waals surface area contributed by atoms with Gasteiger partial charge >= 0.3 is 0 Å². The van der Waals surface area contributed by atoms with Gasteiger partial charge in [-0.1, -0.05) is 13.8 Å². The molecule has 0 spiro atoms. The first-order chi connectivity index (χ1) is 10.2. The summed E-state index contributed by atoms with van der Waals surface area (Å²) in [5, 5.41) is 10.7. The third-order valence-corrected chi connectivity index (χ3v) is 3.94. The van der Waals surface area contributed by atoms with Crippen LogP contribution in [-0.4, -0.2) is 41.5 Å². The number of aryl methyl sites for hydroxylation is 1. The van der Waals surface area contributed by atoms with Crippen LogP contribution in [0, 0.1) is 6.92 Å². The first kappa shape index (κ1) is 16.0. The van der Waals surface area contributed by atoms with E-state index in [1.807, 2.05) is 17.8 Å². The zero-order valence-electron chi connectivity index (χ0n) is 13.2. The summed E-state index contributed by atoms with van der Waals surface area (Å²) in [7, 11) is 0. The summed E-state index contributed by atoms with van der Waals surface area (Å²) in [6.45, 7) is 8.51. The van der Waals surface area contributed by atoms with Gasteiger partial charge in [-0.3, -0.25) is 4.79 Å². The molecule has 0 saturated carbocycles. The highest BCUT2D eigenvalue weighted by Crippen LogP contribution is 2.23. The van der Waals surface area contributed by atoms with Gasteiger partial charge in [0.2, 0.25) is 5.91 Å². The van der Waals surface area contributed by atoms with Crippen molar-refractivity contribution in [2.75, 3.05) is 25.0 Å². The Bertz CT molecular complexity index is 462. The van der Waals surface area contributed by atoms with Gasteiger partial charge in [-0.05, 0) is 19.8 Å². The van der Waals surface area contributed by atoms with Crippen molar-refractivity contribution in [3.05, 3.63) is 11.8 Å². The van der Waals surface area contributed by atoms with Crippen molar-refractivity contribution in [3.8, 4) is 0 Å². The lowest BCUT2D eigenvalue weighted by molar-refractivity contribution is -0.119. The summed E-state index contributed by atoms with van der Waals surface area (Å²) >= 11 is 0. The Morgan fingerprint density at radius 1 is 1.57 bits per heavy atom. The number of rotatable bonds is 6. The van der Waals surface area contributed by atoms with Gasteiger partial charge < -0.3 is 15.4 Å². The summed E-state index contributed by atoms with van der Waals surface area (Å²) in [5.74, 6) is 0.803. The maximum absolute atomic E-state index is 12.2. The second kappa shape index (κ2) is 7.56. The number of nitrogens with zero attached hydrogens (tertiary/aromatic N) is 2. The van der Waals surface area contributed by atoms with Crippen LogP contribution in [0.2, 0.25) is 0 Å². The molecule has 2 N–H and O–H groups in total. The Balaban J connectivity index is 2.01. The molecule has 6 nitrogen and oxygen atoms in total. The number of anilines is 1. The first-order valence-corrected chi connectivity index (χ1v) is 7.82. The van der Waals surface area contributed by atoms with Crippen molar-refractivity contribution in [1.29, 1.82) is 0 Å². The number of carbonyl (C=O) groups excluding carboxylic acids is 1. The molecule has 0 unspecified atom stereocenters. The molecule has 21 heavy (non-hydrogen) atoms. The van der Waals surface area contributed by atoms with E-state index in [1.165, 1.54) is 0 Å². The summed E-state index contributed by atoms with van der Waals surface area (Å²) in [4.78, 5) is 12.2. The van der Waals surface area contributed by atoms with Crippen molar-refractivity contribution in [2.24, 2.45) is 0 Å². The minimum Gasteiger partial charge on any atom is -0.375 e. The monoisotopic (exact) mass is 294 g/mol. The molecule has 1 aromatic rings. The van der Waals surface area contributed by atoms with Crippen LogP contribution in [0.4, 0.5) is 5.82 Å². The maximum atomic E-state index is 12.2. The Hall–Kier alpha value is -1.40. The lowest BCUT2D eigenvalue weighted by atomic mass is 10.2. The SMILES string of the molecule is CCC(CC)n1ncc(C)c1NC(=O)C[C@H]1CNCCO1. The molecule has 118 valence electrons. The number of ether oxygens (including phenoxy) is 1. The highest BCUT2D eigenvalue weighted by Gasteiger charge is 2.20. The van der Waals surface area contributed by atoms with Crippen molar-refractivity contribution >= 4 is 11.7 Å². The Morgan fingerprint density at radius 3 is 2.95 bits per heavy atom. The number of hydrogen-bond donors (Lipinski definition) is 2. The zero-order chi connectivity index (χ0) is 15.2. The van der Waals surface area contributed by atoms with Gasteiger partial charge in [-0.2, -0.15) is 5.10 Å². The lowest BCUT2D eigenvalue weighted by Gasteiger charge is -2.23. The van der Waals surface area contributed by atoms with E-state index in [4.69, 9.17) is 4.74 Å². The number of aromatic nitrogens is 2. The van der Waals surface area contributed by atoms with Gasteiger partial charge in [-0.25, -0.2) is 4.68 Å². The number of carbonyl (C=O) groups is 1.